The molecule has 0 saturated heterocycles. The molecule has 0 nitrogen and oxygen atoms in total. The predicted molar refractivity (Wildman–Crippen MR) is 169 cm³/mol. The third-order valence-electron chi connectivity index (χ3n) is 8.60. The highest BCUT2D eigenvalue weighted by atomic mass is 32.1. The van der Waals surface area contributed by atoms with Crippen molar-refractivity contribution in [2.75, 3.05) is 0 Å². The Hall–Kier alpha value is -4.07. The molecule has 0 fully saturated rings. The van der Waals surface area contributed by atoms with Crippen LogP contribution in [0.2, 0.25) is 0 Å². The zero-order valence-electron chi connectivity index (χ0n) is 21.5. The van der Waals surface area contributed by atoms with Crippen molar-refractivity contribution in [3.05, 3.63) is 132 Å². The highest BCUT2D eigenvalue weighted by Crippen LogP contribution is 2.49. The first-order chi connectivity index (χ1) is 18.1. The first kappa shape index (κ1) is 23.1. The molecule has 0 unspecified atom stereocenters. The molecule has 8 rings (SSSR count). The maximum Gasteiger partial charge on any atom is 0.0159 e. The van der Waals surface area contributed by atoms with Gasteiger partial charge in [0.1, 0.15) is 0 Å². The molecule has 1 aliphatic carbocycles. The van der Waals surface area contributed by atoms with E-state index in [9.17, 15) is 0 Å². The Balaban J connectivity index is 0.00000242. The van der Waals surface area contributed by atoms with Gasteiger partial charge >= 0.3 is 0 Å². The van der Waals surface area contributed by atoms with Gasteiger partial charge in [0.2, 0.25) is 0 Å². The fourth-order valence-corrected chi connectivity index (χ4v) is 6.75. The summed E-state index contributed by atoms with van der Waals surface area (Å²) in [5.41, 5.74) is 10.7. The second-order valence-electron chi connectivity index (χ2n) is 11.0. The van der Waals surface area contributed by atoms with Gasteiger partial charge < -0.3 is 0 Å². The van der Waals surface area contributed by atoms with E-state index < -0.39 is 0 Å². The summed E-state index contributed by atoms with van der Waals surface area (Å²) in [6, 6.07) is 45.2. The zero-order chi connectivity index (χ0) is 24.7. The average molecular weight is 505 g/mol. The van der Waals surface area contributed by atoms with Gasteiger partial charge in [0, 0.05) is 5.41 Å². The Kier molecular flexibility index (Phi) is 4.99. The molecular formula is C37H28S. The van der Waals surface area contributed by atoms with Crippen molar-refractivity contribution in [1.82, 2.24) is 0 Å². The van der Waals surface area contributed by atoms with Crippen LogP contribution in [-0.4, -0.2) is 0 Å². The lowest BCUT2D eigenvalue weighted by molar-refractivity contribution is 0.660. The van der Waals surface area contributed by atoms with Gasteiger partial charge in [-0.2, -0.15) is 13.5 Å². The number of hydrogen-bond acceptors (Lipinski definition) is 0. The number of hydrogen-bond donors (Lipinski definition) is 0. The van der Waals surface area contributed by atoms with Crippen LogP contribution in [0.1, 0.15) is 25.0 Å². The van der Waals surface area contributed by atoms with E-state index in [1.165, 1.54) is 76.8 Å². The topological polar surface area (TPSA) is 0 Å². The lowest BCUT2D eigenvalue weighted by Gasteiger charge is -2.22. The second kappa shape index (κ2) is 8.21. The van der Waals surface area contributed by atoms with Crippen LogP contribution in [0.3, 0.4) is 0 Å². The van der Waals surface area contributed by atoms with Crippen LogP contribution >= 0.6 is 13.5 Å². The molecule has 0 atom stereocenters. The van der Waals surface area contributed by atoms with Crippen molar-refractivity contribution in [2.24, 2.45) is 0 Å². The fourth-order valence-electron chi connectivity index (χ4n) is 6.75. The first-order valence-corrected chi connectivity index (χ1v) is 13.1. The Morgan fingerprint density at radius 1 is 0.421 bits per heavy atom. The minimum absolute atomic E-state index is 0. The molecule has 0 radical (unpaired) electrons. The Morgan fingerprint density at radius 2 is 1.08 bits per heavy atom. The molecule has 7 aromatic rings. The van der Waals surface area contributed by atoms with Gasteiger partial charge in [-0.1, -0.05) is 117 Å². The van der Waals surface area contributed by atoms with Crippen LogP contribution in [0.5, 0.6) is 0 Å². The van der Waals surface area contributed by atoms with Crippen LogP contribution in [0.25, 0.3) is 65.7 Å². The molecule has 0 N–H and O–H groups in total. The third-order valence-corrected chi connectivity index (χ3v) is 8.60. The highest BCUT2D eigenvalue weighted by molar-refractivity contribution is 7.59. The standard InChI is InChI=1S/C37H26.H2S/c1-37(2)33-15-4-3-13-29(33)30-19-18-26(22-34(30)37)25-10-6-11-27(20-25)32-21-28-12-5-8-23-16-17-24-9-7-14-31(32)36(24)35(23)28;/h3-22H,1-2H3;1H2. The summed E-state index contributed by atoms with van der Waals surface area (Å²) >= 11 is 0. The van der Waals surface area contributed by atoms with Gasteiger partial charge in [0.25, 0.3) is 0 Å². The Bertz CT molecular complexity index is 2010. The Morgan fingerprint density at radius 3 is 1.95 bits per heavy atom. The molecule has 0 saturated carbocycles. The molecule has 0 aliphatic heterocycles. The van der Waals surface area contributed by atoms with Crippen molar-refractivity contribution in [3.63, 3.8) is 0 Å². The quantitative estimate of drug-likeness (QED) is 0.205. The first-order valence-electron chi connectivity index (χ1n) is 13.1. The van der Waals surface area contributed by atoms with Gasteiger partial charge in [0.15, 0.2) is 0 Å². The van der Waals surface area contributed by atoms with Gasteiger partial charge in [-0.3, -0.25) is 0 Å². The summed E-state index contributed by atoms with van der Waals surface area (Å²) in [6.07, 6.45) is 0. The predicted octanol–water partition coefficient (Wildman–Crippen LogP) is 10.3. The smallest absolute Gasteiger partial charge is 0.0159 e. The van der Waals surface area contributed by atoms with Gasteiger partial charge in [-0.15, -0.1) is 0 Å². The van der Waals surface area contributed by atoms with Crippen molar-refractivity contribution >= 4 is 45.8 Å². The number of benzene rings is 7. The molecule has 1 heteroatoms. The third kappa shape index (κ3) is 3.12. The summed E-state index contributed by atoms with van der Waals surface area (Å²) < 4.78 is 0. The van der Waals surface area contributed by atoms with Crippen molar-refractivity contribution in [1.29, 1.82) is 0 Å². The molecule has 38 heavy (non-hydrogen) atoms. The van der Waals surface area contributed by atoms with Crippen molar-refractivity contribution in [2.45, 2.75) is 19.3 Å². The molecule has 0 bridgehead atoms. The van der Waals surface area contributed by atoms with Crippen molar-refractivity contribution < 1.29 is 0 Å². The molecule has 0 spiro atoms. The van der Waals surface area contributed by atoms with E-state index in [2.05, 4.69) is 135 Å². The lowest BCUT2D eigenvalue weighted by Crippen LogP contribution is -2.14. The normalized spacial score (nSPS) is 13.5. The highest BCUT2D eigenvalue weighted by Gasteiger charge is 2.35. The van der Waals surface area contributed by atoms with E-state index >= 15 is 0 Å². The number of fused-ring (bicyclic) bond motifs is 3. The van der Waals surface area contributed by atoms with E-state index in [0.29, 0.717) is 0 Å². The largest absolute Gasteiger partial charge is 0.197 e. The second-order valence-corrected chi connectivity index (χ2v) is 11.0. The van der Waals surface area contributed by atoms with Crippen LogP contribution < -0.4 is 0 Å². The van der Waals surface area contributed by atoms with Gasteiger partial charge in [0.05, 0.1) is 0 Å². The molecule has 0 aromatic heterocycles. The summed E-state index contributed by atoms with van der Waals surface area (Å²) in [4.78, 5) is 0. The monoisotopic (exact) mass is 504 g/mol. The molecule has 7 aromatic carbocycles. The van der Waals surface area contributed by atoms with Gasteiger partial charge in [-0.25, -0.2) is 0 Å². The Labute approximate surface area is 230 Å². The maximum absolute atomic E-state index is 2.42. The van der Waals surface area contributed by atoms with Crippen LogP contribution in [0.15, 0.2) is 121 Å². The summed E-state index contributed by atoms with van der Waals surface area (Å²) in [6.45, 7) is 4.70. The minimum atomic E-state index is 0. The SMILES string of the molecule is CC1(C)c2ccccc2-c2ccc(-c3cccc(-c4cc5cccc6ccc7cccc4c7c65)c3)cc21.S. The van der Waals surface area contributed by atoms with Crippen LogP contribution in [-0.2, 0) is 5.41 Å². The summed E-state index contributed by atoms with van der Waals surface area (Å²) in [5.74, 6) is 0. The molecule has 0 amide bonds. The summed E-state index contributed by atoms with van der Waals surface area (Å²) in [7, 11) is 0. The van der Waals surface area contributed by atoms with E-state index in [4.69, 9.17) is 0 Å². The van der Waals surface area contributed by atoms with Crippen LogP contribution in [0.4, 0.5) is 0 Å². The lowest BCUT2D eigenvalue weighted by atomic mass is 9.81. The van der Waals surface area contributed by atoms with Crippen LogP contribution in [0, 0.1) is 0 Å². The van der Waals surface area contributed by atoms with E-state index in [1.807, 2.05) is 0 Å². The molecule has 0 heterocycles. The van der Waals surface area contributed by atoms with Gasteiger partial charge in [-0.05, 0) is 95.0 Å². The molecular weight excluding hydrogens is 476 g/mol. The molecule has 182 valence electrons. The van der Waals surface area contributed by atoms with Crippen molar-refractivity contribution in [3.8, 4) is 33.4 Å². The van der Waals surface area contributed by atoms with E-state index in [1.54, 1.807) is 0 Å². The molecule has 1 aliphatic rings. The maximum atomic E-state index is 2.42. The zero-order valence-corrected chi connectivity index (χ0v) is 22.5. The average Bonchev–Trinajstić information content (AvgIpc) is 3.18. The van der Waals surface area contributed by atoms with E-state index in [-0.39, 0.29) is 18.9 Å². The fraction of sp³-hybridized carbons (Fsp3) is 0.0811. The number of rotatable bonds is 2. The summed E-state index contributed by atoms with van der Waals surface area (Å²) in [5, 5.41) is 7.98. The van der Waals surface area contributed by atoms with E-state index in [0.717, 1.165) is 0 Å². The minimum Gasteiger partial charge on any atom is -0.197 e.